The molecule has 6 atom stereocenters. The fourth-order valence-electron chi connectivity index (χ4n) is 5.41. The summed E-state index contributed by atoms with van der Waals surface area (Å²) in [5.41, 5.74) is 0. The third-order valence-corrected chi connectivity index (χ3v) is 19.0. The van der Waals surface area contributed by atoms with Crippen LogP contribution in [0.2, 0.25) is 9.88 Å². The van der Waals surface area contributed by atoms with Gasteiger partial charge in [0.15, 0.2) is 0 Å². The fraction of sp³-hybridized carbons (Fsp3) is 0.769. The van der Waals surface area contributed by atoms with Crippen molar-refractivity contribution in [2.45, 2.75) is 48.4 Å². The van der Waals surface area contributed by atoms with Crippen LogP contribution in [0.3, 0.4) is 0 Å². The van der Waals surface area contributed by atoms with Crippen LogP contribution in [0.25, 0.3) is 0 Å². The molecule has 46 heavy (non-hydrogen) atoms. The molecule has 0 radical (unpaired) electrons. The summed E-state index contributed by atoms with van der Waals surface area (Å²) in [6.07, 6.45) is 1.01. The van der Waals surface area contributed by atoms with Crippen molar-refractivity contribution in [2.75, 3.05) is 34.5 Å². The van der Waals surface area contributed by atoms with Crippen LogP contribution in [0.5, 0.6) is 0 Å². The number of rotatable bonds is 17. The predicted molar refractivity (Wildman–Crippen MR) is 192 cm³/mol. The summed E-state index contributed by atoms with van der Waals surface area (Å²) in [5, 5.41) is 0. The van der Waals surface area contributed by atoms with E-state index in [1.807, 2.05) is 0 Å². The molecule has 2 rings (SSSR count). The van der Waals surface area contributed by atoms with Gasteiger partial charge in [0.1, 0.15) is 0 Å². The Balaban J connectivity index is 2.35. The van der Waals surface area contributed by atoms with Crippen LogP contribution in [-0.4, -0.2) is 110 Å². The molecule has 0 aliphatic carbocycles. The van der Waals surface area contributed by atoms with Gasteiger partial charge in [-0.25, -0.2) is 0 Å². The summed E-state index contributed by atoms with van der Waals surface area (Å²) in [6.45, 7) is 0. The van der Waals surface area contributed by atoms with E-state index in [0.717, 1.165) is 0 Å². The maximum atomic E-state index is 13.7. The van der Waals surface area contributed by atoms with E-state index in [0.29, 0.717) is 23.0 Å². The summed E-state index contributed by atoms with van der Waals surface area (Å²) >= 11 is 14.9. The van der Waals surface area contributed by atoms with Gasteiger partial charge in [0, 0.05) is 0 Å². The molecular weight excluding hydrogens is 934 g/mol. The number of thiol groups is 6. The molecule has 0 aromatic rings. The molecule has 2 saturated heterocycles. The standard InChI is InChI=1S/3C8H14O4S2.2CH3.2Sn/c3*9-7(10)5(1-3-13)6(2-4-14)8(11)12;;;;/h3*5-6,13-14H,1-4H2,(H,9,10)(H,11,12);2*1H3;;/q;;;;;2*+3/p-6. The third-order valence-electron chi connectivity index (χ3n) is 7.63. The molecule has 20 heteroatoms. The van der Waals surface area contributed by atoms with E-state index in [1.165, 1.54) is 9.88 Å². The van der Waals surface area contributed by atoms with Crippen molar-refractivity contribution in [1.82, 2.24) is 0 Å². The van der Waals surface area contributed by atoms with Gasteiger partial charge in [-0.2, -0.15) is 0 Å². The maximum absolute atomic E-state index is 13.7. The van der Waals surface area contributed by atoms with Crippen LogP contribution >= 0.6 is 75.8 Å². The Kier molecular flexibility index (Phi) is 18.9. The van der Waals surface area contributed by atoms with Gasteiger partial charge in [-0.15, -0.1) is 0 Å². The van der Waals surface area contributed by atoms with Gasteiger partial charge in [-0.05, 0) is 0 Å². The minimum atomic E-state index is -5.19. The summed E-state index contributed by atoms with van der Waals surface area (Å²) < 4.78 is 33.8. The Morgan fingerprint density at radius 2 is 0.783 bits per heavy atom. The SMILES string of the molecule is [CH3][Sn]1([O]C(=O)C(CCS)C(CCS)C(=O)[O][Sn]2([CH3])[O]C(=O)C(CCS)C(CCS)C(=O)[O]2)[O]C(=O)C(CCS)C(CCS)C(=O)[O]1. The van der Waals surface area contributed by atoms with Crippen molar-refractivity contribution in [3.63, 3.8) is 0 Å². The second kappa shape index (κ2) is 20.4. The Morgan fingerprint density at radius 3 is 0.978 bits per heavy atom. The molecule has 2 aliphatic heterocycles. The van der Waals surface area contributed by atoms with Gasteiger partial charge in [0.25, 0.3) is 0 Å². The van der Waals surface area contributed by atoms with Crippen LogP contribution in [-0.2, 0) is 47.2 Å². The van der Waals surface area contributed by atoms with E-state index in [-0.39, 0.29) is 50.0 Å². The quantitative estimate of drug-likeness (QED) is 0.0938. The number of carbonyl (C=O) groups excluding carboxylic acids is 6. The molecule has 12 nitrogen and oxygen atoms in total. The second-order valence-corrected chi connectivity index (χ2v) is 27.0. The first-order valence-electron chi connectivity index (χ1n) is 14.8. The van der Waals surface area contributed by atoms with Crippen LogP contribution in [0.15, 0.2) is 0 Å². The van der Waals surface area contributed by atoms with Crippen molar-refractivity contribution in [3.8, 4) is 0 Å². The van der Waals surface area contributed by atoms with Crippen LogP contribution < -0.4 is 0 Å². The molecule has 2 heterocycles. The summed E-state index contributed by atoms with van der Waals surface area (Å²) in [6, 6.07) is 0. The molecule has 0 bridgehead atoms. The van der Waals surface area contributed by atoms with Crippen LogP contribution in [0, 0.1) is 35.5 Å². The first-order valence-corrected chi connectivity index (χ1v) is 31.2. The molecule has 2 fully saturated rings. The molecule has 0 N–H and O–H groups in total. The zero-order valence-corrected chi connectivity index (χ0v) is 36.6. The third kappa shape index (κ3) is 11.8. The van der Waals surface area contributed by atoms with E-state index in [9.17, 15) is 28.8 Å². The molecule has 6 unspecified atom stereocenters. The summed E-state index contributed by atoms with van der Waals surface area (Å²) in [7, 11) is 0. The number of hydrogen-bond donors (Lipinski definition) is 6. The Morgan fingerprint density at radius 1 is 0.543 bits per heavy atom. The first kappa shape index (κ1) is 42.7. The zero-order valence-electron chi connectivity index (χ0n) is 25.5. The van der Waals surface area contributed by atoms with E-state index in [1.54, 1.807) is 0 Å². The Labute approximate surface area is 313 Å². The van der Waals surface area contributed by atoms with Crippen LogP contribution in [0.1, 0.15) is 38.5 Å². The van der Waals surface area contributed by atoms with Crippen molar-refractivity contribution in [2.24, 2.45) is 35.5 Å². The van der Waals surface area contributed by atoms with E-state index in [2.05, 4.69) is 75.8 Å². The minimum absolute atomic E-state index is 0.0176. The van der Waals surface area contributed by atoms with E-state index < -0.39 is 111 Å². The van der Waals surface area contributed by atoms with Crippen molar-refractivity contribution in [3.05, 3.63) is 0 Å². The zero-order chi connectivity index (χ0) is 34.7. The van der Waals surface area contributed by atoms with Gasteiger partial charge in [-0.1, -0.05) is 0 Å². The topological polar surface area (TPSA) is 158 Å². The first-order chi connectivity index (χ1) is 21.7. The second-order valence-electron chi connectivity index (χ2n) is 11.0. The van der Waals surface area contributed by atoms with E-state index in [4.69, 9.17) is 18.4 Å². The number of hydrogen-bond acceptors (Lipinski definition) is 18. The fourth-order valence-corrected chi connectivity index (χ4v) is 16.6. The van der Waals surface area contributed by atoms with Crippen molar-refractivity contribution < 1.29 is 47.2 Å². The van der Waals surface area contributed by atoms with Crippen LogP contribution in [0.4, 0.5) is 0 Å². The normalized spacial score (nSPS) is 29.7. The Bertz CT molecular complexity index is 981. The predicted octanol–water partition coefficient (Wildman–Crippen LogP) is 3.03. The molecule has 0 aromatic heterocycles. The molecule has 262 valence electrons. The molecule has 0 amide bonds. The summed E-state index contributed by atoms with van der Waals surface area (Å²) in [5.74, 6) is -9.05. The number of carbonyl (C=O) groups is 6. The van der Waals surface area contributed by atoms with Gasteiger partial charge >= 0.3 is 316 Å². The van der Waals surface area contributed by atoms with Crippen molar-refractivity contribution in [1.29, 1.82) is 0 Å². The van der Waals surface area contributed by atoms with Gasteiger partial charge in [-0.3, -0.25) is 0 Å². The summed E-state index contributed by atoms with van der Waals surface area (Å²) in [4.78, 5) is 82.5. The van der Waals surface area contributed by atoms with Gasteiger partial charge in [0.05, 0.1) is 0 Å². The Hall–Kier alpha value is 0.517. The monoisotopic (exact) mass is 978 g/mol. The van der Waals surface area contributed by atoms with Gasteiger partial charge in [0.2, 0.25) is 0 Å². The molecule has 2 aliphatic rings. The molecule has 0 aromatic carbocycles. The van der Waals surface area contributed by atoms with Gasteiger partial charge < -0.3 is 0 Å². The van der Waals surface area contributed by atoms with Crippen molar-refractivity contribution >= 4 is 151 Å². The van der Waals surface area contributed by atoms with E-state index >= 15 is 0 Å². The molecule has 0 spiro atoms. The average Bonchev–Trinajstić information content (AvgIpc) is 3.11. The molecular formula is C26H42O12S6Sn2. The average molecular weight is 976 g/mol. The molecule has 0 saturated carbocycles.